The number of aryl methyl sites for hydroxylation is 1. The molecule has 0 spiro atoms. The smallest absolute Gasteiger partial charge is 0.224 e. The van der Waals surface area contributed by atoms with Crippen LogP contribution in [-0.4, -0.2) is 34.3 Å². The maximum Gasteiger partial charge on any atom is 0.224 e. The van der Waals surface area contributed by atoms with E-state index in [4.69, 9.17) is 5.11 Å². The molecule has 1 rings (SSSR count). The number of aliphatic hydroxyl groups is 1. The minimum atomic E-state index is 0.0452. The Kier molecular flexibility index (Phi) is 4.98. The van der Waals surface area contributed by atoms with Crippen LogP contribution in [0.4, 0.5) is 11.8 Å². The Hall–Kier alpha value is -1.36. The highest BCUT2D eigenvalue weighted by molar-refractivity contribution is 5.42. The summed E-state index contributed by atoms with van der Waals surface area (Å²) in [7, 11) is 0. The molecule has 90 valence electrons. The molecule has 0 aliphatic rings. The first-order valence-corrected chi connectivity index (χ1v) is 5.66. The molecule has 1 aromatic heterocycles. The van der Waals surface area contributed by atoms with Crippen molar-refractivity contribution >= 4 is 11.8 Å². The van der Waals surface area contributed by atoms with Crippen LogP contribution in [0.3, 0.4) is 0 Å². The molecule has 1 atom stereocenters. The van der Waals surface area contributed by atoms with Gasteiger partial charge in [-0.25, -0.2) is 4.98 Å². The van der Waals surface area contributed by atoms with Crippen LogP contribution in [-0.2, 0) is 0 Å². The molecule has 3 N–H and O–H groups in total. The number of nitrogens with zero attached hydrogens (tertiary/aromatic N) is 2. The zero-order valence-corrected chi connectivity index (χ0v) is 10.1. The van der Waals surface area contributed by atoms with Crippen LogP contribution in [0.15, 0.2) is 6.07 Å². The van der Waals surface area contributed by atoms with Crippen molar-refractivity contribution in [3.8, 4) is 0 Å². The van der Waals surface area contributed by atoms with Crippen LogP contribution in [0.1, 0.15) is 26.0 Å². The third kappa shape index (κ3) is 3.66. The number of rotatable bonds is 6. The summed E-state index contributed by atoms with van der Waals surface area (Å²) in [6.45, 7) is 6.85. The summed E-state index contributed by atoms with van der Waals surface area (Å²) in [5.41, 5.74) is 0.904. The maximum atomic E-state index is 9.11. The normalized spacial score (nSPS) is 12.2. The number of aliphatic hydroxyl groups excluding tert-OH is 1. The molecule has 1 heterocycles. The third-order valence-corrected chi connectivity index (χ3v) is 2.25. The van der Waals surface area contributed by atoms with Gasteiger partial charge in [-0.3, -0.25) is 0 Å². The van der Waals surface area contributed by atoms with Crippen molar-refractivity contribution in [2.45, 2.75) is 33.2 Å². The molecule has 1 aromatic rings. The van der Waals surface area contributed by atoms with Crippen molar-refractivity contribution in [3.05, 3.63) is 11.8 Å². The number of hydrogen-bond acceptors (Lipinski definition) is 5. The van der Waals surface area contributed by atoms with Gasteiger partial charge in [-0.05, 0) is 20.3 Å². The third-order valence-electron chi connectivity index (χ3n) is 2.25. The van der Waals surface area contributed by atoms with E-state index >= 15 is 0 Å². The van der Waals surface area contributed by atoms with Gasteiger partial charge in [0.15, 0.2) is 0 Å². The number of nitrogens with one attached hydrogen (secondary N) is 2. The Labute approximate surface area is 96.3 Å². The summed E-state index contributed by atoms with van der Waals surface area (Å²) >= 11 is 0. The molecule has 0 aliphatic heterocycles. The molecule has 16 heavy (non-hydrogen) atoms. The van der Waals surface area contributed by atoms with Crippen LogP contribution in [0.5, 0.6) is 0 Å². The lowest BCUT2D eigenvalue weighted by Crippen LogP contribution is -2.23. The van der Waals surface area contributed by atoms with Gasteiger partial charge >= 0.3 is 0 Å². The maximum absolute atomic E-state index is 9.11. The van der Waals surface area contributed by atoms with Gasteiger partial charge in [-0.15, -0.1) is 0 Å². The van der Waals surface area contributed by atoms with E-state index in [0.29, 0.717) is 5.95 Å². The van der Waals surface area contributed by atoms with Gasteiger partial charge in [0, 0.05) is 18.3 Å². The molecule has 5 nitrogen and oxygen atoms in total. The summed E-state index contributed by atoms with van der Waals surface area (Å²) < 4.78 is 0. The van der Waals surface area contributed by atoms with Crippen molar-refractivity contribution in [3.63, 3.8) is 0 Å². The Morgan fingerprint density at radius 2 is 2.12 bits per heavy atom. The number of anilines is 2. The molecule has 1 unspecified atom stereocenters. The van der Waals surface area contributed by atoms with E-state index in [-0.39, 0.29) is 12.6 Å². The highest BCUT2D eigenvalue weighted by Crippen LogP contribution is 2.11. The fraction of sp³-hybridized carbons (Fsp3) is 0.636. The predicted octanol–water partition coefficient (Wildman–Crippen LogP) is 1.40. The summed E-state index contributed by atoms with van der Waals surface area (Å²) in [6, 6.07) is 1.92. The van der Waals surface area contributed by atoms with Gasteiger partial charge in [0.05, 0.1) is 12.6 Å². The zero-order chi connectivity index (χ0) is 12.0. The van der Waals surface area contributed by atoms with E-state index in [1.54, 1.807) is 0 Å². The van der Waals surface area contributed by atoms with Crippen molar-refractivity contribution in [1.82, 2.24) is 9.97 Å². The number of aromatic nitrogens is 2. The lowest BCUT2D eigenvalue weighted by molar-refractivity contribution is 0.271. The second-order valence-electron chi connectivity index (χ2n) is 3.68. The minimum absolute atomic E-state index is 0.0452. The first kappa shape index (κ1) is 12.7. The Balaban J connectivity index is 2.78. The molecular weight excluding hydrogens is 204 g/mol. The van der Waals surface area contributed by atoms with Crippen molar-refractivity contribution in [2.75, 3.05) is 23.8 Å². The second-order valence-corrected chi connectivity index (χ2v) is 3.68. The lowest BCUT2D eigenvalue weighted by Gasteiger charge is -2.15. The van der Waals surface area contributed by atoms with Gasteiger partial charge in [-0.1, -0.05) is 6.92 Å². The summed E-state index contributed by atoms with van der Waals surface area (Å²) in [4.78, 5) is 8.57. The largest absolute Gasteiger partial charge is 0.394 e. The highest BCUT2D eigenvalue weighted by Gasteiger charge is 2.07. The molecule has 0 saturated heterocycles. The van der Waals surface area contributed by atoms with Crippen LogP contribution in [0.2, 0.25) is 0 Å². The summed E-state index contributed by atoms with van der Waals surface area (Å²) in [5, 5.41) is 15.4. The van der Waals surface area contributed by atoms with Gasteiger partial charge < -0.3 is 15.7 Å². The zero-order valence-electron chi connectivity index (χ0n) is 10.1. The van der Waals surface area contributed by atoms with Crippen molar-refractivity contribution in [2.24, 2.45) is 0 Å². The Morgan fingerprint density at radius 1 is 1.38 bits per heavy atom. The summed E-state index contributed by atoms with van der Waals surface area (Å²) in [5.74, 6) is 1.38. The topological polar surface area (TPSA) is 70.1 Å². The van der Waals surface area contributed by atoms with Crippen LogP contribution in [0.25, 0.3) is 0 Å². The molecule has 0 radical (unpaired) electrons. The highest BCUT2D eigenvalue weighted by atomic mass is 16.3. The standard InChI is InChI=1S/C11H20N4O/c1-4-9(7-16)14-10-6-8(3)13-11(15-10)12-5-2/h6,9,16H,4-5,7H2,1-3H3,(H2,12,13,14,15). The van der Waals surface area contributed by atoms with Gasteiger partial charge in [0.1, 0.15) is 5.82 Å². The van der Waals surface area contributed by atoms with E-state index in [2.05, 4.69) is 20.6 Å². The fourth-order valence-corrected chi connectivity index (χ4v) is 1.37. The number of hydrogen-bond donors (Lipinski definition) is 3. The molecule has 0 bridgehead atoms. The first-order chi connectivity index (χ1) is 7.69. The Morgan fingerprint density at radius 3 is 2.69 bits per heavy atom. The fourth-order valence-electron chi connectivity index (χ4n) is 1.37. The molecule has 0 fully saturated rings. The van der Waals surface area contributed by atoms with E-state index in [9.17, 15) is 0 Å². The van der Waals surface area contributed by atoms with Gasteiger partial charge in [0.25, 0.3) is 0 Å². The van der Waals surface area contributed by atoms with Gasteiger partial charge in [0.2, 0.25) is 5.95 Å². The SMILES string of the molecule is CCNc1nc(C)cc(NC(CC)CO)n1. The van der Waals surface area contributed by atoms with E-state index in [0.717, 1.165) is 24.5 Å². The molecule has 5 heteroatoms. The van der Waals surface area contributed by atoms with E-state index in [1.165, 1.54) is 0 Å². The van der Waals surface area contributed by atoms with E-state index in [1.807, 2.05) is 26.8 Å². The minimum Gasteiger partial charge on any atom is -0.394 e. The van der Waals surface area contributed by atoms with Crippen molar-refractivity contribution < 1.29 is 5.11 Å². The van der Waals surface area contributed by atoms with Crippen LogP contribution < -0.4 is 10.6 Å². The lowest BCUT2D eigenvalue weighted by atomic mass is 10.2. The second kappa shape index (κ2) is 6.27. The average Bonchev–Trinajstić information content (AvgIpc) is 2.25. The molecule has 0 amide bonds. The first-order valence-electron chi connectivity index (χ1n) is 5.66. The molecular formula is C11H20N4O. The van der Waals surface area contributed by atoms with E-state index < -0.39 is 0 Å². The summed E-state index contributed by atoms with van der Waals surface area (Å²) in [6.07, 6.45) is 0.857. The van der Waals surface area contributed by atoms with Crippen LogP contribution in [0, 0.1) is 6.92 Å². The average molecular weight is 224 g/mol. The van der Waals surface area contributed by atoms with Crippen LogP contribution >= 0.6 is 0 Å². The molecule has 0 aromatic carbocycles. The van der Waals surface area contributed by atoms with Gasteiger partial charge in [-0.2, -0.15) is 4.98 Å². The monoisotopic (exact) mass is 224 g/mol. The predicted molar refractivity (Wildman–Crippen MR) is 65.7 cm³/mol. The molecule has 0 aliphatic carbocycles. The quantitative estimate of drug-likeness (QED) is 0.681. The van der Waals surface area contributed by atoms with Crippen molar-refractivity contribution in [1.29, 1.82) is 0 Å². The Bertz CT molecular complexity index is 326. The molecule has 0 saturated carbocycles.